The Kier molecular flexibility index (Phi) is 6.28. The standard InChI is InChI=1S/C25H25N3O4/c1-16-11-21(32-27-16)14-24(30)28-15-20(29)13-23(28)25(31)22(26)12-17-7-9-19(10-8-17)18-5-3-2-4-6-18/h2-11,20,23,26,29H,12-15H2,1H3/t20-,23+/m1/s1. The second-order valence-corrected chi connectivity index (χ2v) is 8.15. The Labute approximate surface area is 186 Å². The minimum atomic E-state index is -0.836. The number of Topliss-reactive ketones (excluding diaryl/α,β-unsaturated/α-hetero) is 1. The number of hydrogen-bond donors (Lipinski definition) is 2. The topological polar surface area (TPSA) is 107 Å². The molecule has 164 valence electrons. The van der Waals surface area contributed by atoms with Crippen molar-refractivity contribution in [1.82, 2.24) is 10.1 Å². The minimum Gasteiger partial charge on any atom is -0.391 e. The Balaban J connectivity index is 1.41. The summed E-state index contributed by atoms with van der Waals surface area (Å²) in [5.74, 6) is -0.347. The van der Waals surface area contributed by atoms with Crippen molar-refractivity contribution in [3.63, 3.8) is 0 Å². The van der Waals surface area contributed by atoms with Crippen molar-refractivity contribution in [3.8, 4) is 11.1 Å². The molecular weight excluding hydrogens is 406 g/mol. The van der Waals surface area contributed by atoms with Gasteiger partial charge in [-0.15, -0.1) is 0 Å². The number of likely N-dealkylation sites (tertiary alicyclic amines) is 1. The van der Waals surface area contributed by atoms with Gasteiger partial charge in [-0.05, 0) is 23.6 Å². The molecule has 0 saturated carbocycles. The lowest BCUT2D eigenvalue weighted by Gasteiger charge is -2.23. The van der Waals surface area contributed by atoms with Gasteiger partial charge in [0.1, 0.15) is 5.76 Å². The van der Waals surface area contributed by atoms with E-state index in [1.807, 2.05) is 54.6 Å². The number of nitrogens with zero attached hydrogens (tertiary/aromatic N) is 2. The summed E-state index contributed by atoms with van der Waals surface area (Å²) in [5.41, 5.74) is 3.59. The van der Waals surface area contributed by atoms with Crippen molar-refractivity contribution in [2.24, 2.45) is 0 Å². The average molecular weight is 431 g/mol. The van der Waals surface area contributed by atoms with Gasteiger partial charge in [0.15, 0.2) is 5.78 Å². The SMILES string of the molecule is Cc1cc(CC(=O)N2C[C@H](O)C[C@H]2C(=O)C(=N)Cc2ccc(-c3ccccc3)cc2)on1. The normalized spacial score (nSPS) is 18.0. The van der Waals surface area contributed by atoms with Crippen molar-refractivity contribution < 1.29 is 19.2 Å². The number of ketones is 1. The Morgan fingerprint density at radius 2 is 1.78 bits per heavy atom. The zero-order valence-electron chi connectivity index (χ0n) is 17.8. The Morgan fingerprint density at radius 1 is 1.09 bits per heavy atom. The molecule has 0 aliphatic carbocycles. The second-order valence-electron chi connectivity index (χ2n) is 8.15. The smallest absolute Gasteiger partial charge is 0.231 e. The highest BCUT2D eigenvalue weighted by atomic mass is 16.5. The van der Waals surface area contributed by atoms with Crippen LogP contribution in [0.25, 0.3) is 11.1 Å². The first-order chi connectivity index (χ1) is 15.4. The molecule has 1 amide bonds. The molecule has 0 bridgehead atoms. The predicted octanol–water partition coefficient (Wildman–Crippen LogP) is 2.99. The summed E-state index contributed by atoms with van der Waals surface area (Å²) in [6, 6.07) is 18.6. The van der Waals surface area contributed by atoms with E-state index < -0.39 is 17.9 Å². The van der Waals surface area contributed by atoms with Crippen LogP contribution >= 0.6 is 0 Å². The van der Waals surface area contributed by atoms with Crippen LogP contribution in [0.3, 0.4) is 0 Å². The molecule has 32 heavy (non-hydrogen) atoms. The van der Waals surface area contributed by atoms with E-state index in [4.69, 9.17) is 9.93 Å². The lowest BCUT2D eigenvalue weighted by Crippen LogP contribution is -2.44. The average Bonchev–Trinajstić information content (AvgIpc) is 3.39. The van der Waals surface area contributed by atoms with Crippen LogP contribution in [0.5, 0.6) is 0 Å². The number of aliphatic hydroxyl groups is 1. The molecule has 2 heterocycles. The molecule has 2 N–H and O–H groups in total. The first kappa shape index (κ1) is 21.6. The number of nitrogens with one attached hydrogen (secondary N) is 1. The third kappa shape index (κ3) is 4.84. The number of benzene rings is 2. The Bertz CT molecular complexity index is 1120. The van der Waals surface area contributed by atoms with Gasteiger partial charge in [-0.3, -0.25) is 9.59 Å². The molecule has 7 nitrogen and oxygen atoms in total. The molecular formula is C25H25N3O4. The summed E-state index contributed by atoms with van der Waals surface area (Å²) < 4.78 is 5.10. The van der Waals surface area contributed by atoms with Gasteiger partial charge in [0.05, 0.1) is 30.0 Å². The largest absolute Gasteiger partial charge is 0.391 e. The van der Waals surface area contributed by atoms with Gasteiger partial charge in [-0.25, -0.2) is 0 Å². The molecule has 4 rings (SSSR count). The first-order valence-electron chi connectivity index (χ1n) is 10.6. The number of aliphatic hydroxyl groups excluding tert-OH is 1. The molecule has 2 atom stereocenters. The summed E-state index contributed by atoms with van der Waals surface area (Å²) in [4.78, 5) is 27.1. The first-order valence-corrected chi connectivity index (χ1v) is 10.6. The number of β-amino-alcohol motifs (C(OH)–C–C–N with tert-alkyl or cyclic N) is 1. The van der Waals surface area contributed by atoms with Gasteiger partial charge >= 0.3 is 0 Å². The van der Waals surface area contributed by atoms with Crippen LogP contribution in [0.1, 0.15) is 23.4 Å². The fraction of sp³-hybridized carbons (Fsp3) is 0.280. The van der Waals surface area contributed by atoms with Crippen molar-refractivity contribution in [3.05, 3.63) is 77.7 Å². The number of rotatable bonds is 7. The molecule has 1 aliphatic rings. The van der Waals surface area contributed by atoms with Crippen molar-refractivity contribution in [1.29, 1.82) is 5.41 Å². The summed E-state index contributed by atoms with van der Waals surface area (Å²) in [5, 5.41) is 22.2. The van der Waals surface area contributed by atoms with Gasteiger partial charge in [0.25, 0.3) is 0 Å². The van der Waals surface area contributed by atoms with Crippen LogP contribution in [0.15, 0.2) is 65.2 Å². The van der Waals surface area contributed by atoms with E-state index in [1.54, 1.807) is 13.0 Å². The third-order valence-corrected chi connectivity index (χ3v) is 5.64. The summed E-state index contributed by atoms with van der Waals surface area (Å²) >= 11 is 0. The molecule has 1 aromatic heterocycles. The lowest BCUT2D eigenvalue weighted by atomic mass is 9.97. The van der Waals surface area contributed by atoms with Crippen LogP contribution < -0.4 is 0 Å². The fourth-order valence-corrected chi connectivity index (χ4v) is 4.03. The zero-order chi connectivity index (χ0) is 22.7. The number of hydrogen-bond acceptors (Lipinski definition) is 6. The lowest BCUT2D eigenvalue weighted by molar-refractivity contribution is -0.135. The molecule has 7 heteroatoms. The number of amides is 1. The highest BCUT2D eigenvalue weighted by molar-refractivity contribution is 6.41. The Morgan fingerprint density at radius 3 is 2.44 bits per heavy atom. The summed E-state index contributed by atoms with van der Waals surface area (Å²) in [6.45, 7) is 1.83. The van der Waals surface area contributed by atoms with E-state index in [0.717, 1.165) is 16.7 Å². The molecule has 3 aromatic rings. The van der Waals surface area contributed by atoms with E-state index in [2.05, 4.69) is 5.16 Å². The molecule has 1 saturated heterocycles. The van der Waals surface area contributed by atoms with Crippen molar-refractivity contribution in [2.75, 3.05) is 6.54 Å². The summed E-state index contributed by atoms with van der Waals surface area (Å²) in [6.07, 6.45) is -0.521. The van der Waals surface area contributed by atoms with Crippen LogP contribution in [0.2, 0.25) is 0 Å². The number of carbonyl (C=O) groups is 2. The number of aryl methyl sites for hydroxylation is 1. The van der Waals surface area contributed by atoms with Crippen molar-refractivity contribution >= 4 is 17.4 Å². The number of carbonyl (C=O) groups excluding carboxylic acids is 2. The van der Waals surface area contributed by atoms with Crippen LogP contribution in [0.4, 0.5) is 0 Å². The maximum Gasteiger partial charge on any atom is 0.231 e. The zero-order valence-corrected chi connectivity index (χ0v) is 17.8. The van der Waals surface area contributed by atoms with Gasteiger partial charge in [0.2, 0.25) is 5.91 Å². The van der Waals surface area contributed by atoms with E-state index in [1.165, 1.54) is 4.90 Å². The molecule has 0 spiro atoms. The van der Waals surface area contributed by atoms with E-state index >= 15 is 0 Å². The van der Waals surface area contributed by atoms with E-state index in [0.29, 0.717) is 11.5 Å². The van der Waals surface area contributed by atoms with E-state index in [-0.39, 0.29) is 37.4 Å². The van der Waals surface area contributed by atoms with Crippen molar-refractivity contribution in [2.45, 2.75) is 38.3 Å². The molecule has 0 radical (unpaired) electrons. The maximum atomic E-state index is 13.0. The van der Waals surface area contributed by atoms with Crippen LogP contribution in [-0.2, 0) is 22.4 Å². The maximum absolute atomic E-state index is 13.0. The molecule has 1 fully saturated rings. The monoisotopic (exact) mass is 431 g/mol. The fourth-order valence-electron chi connectivity index (χ4n) is 4.03. The molecule has 2 aromatic carbocycles. The Hall–Kier alpha value is -3.58. The predicted molar refractivity (Wildman–Crippen MR) is 119 cm³/mol. The second kappa shape index (κ2) is 9.28. The molecule has 1 aliphatic heterocycles. The summed E-state index contributed by atoms with van der Waals surface area (Å²) in [7, 11) is 0. The minimum absolute atomic E-state index is 0.0361. The number of aromatic nitrogens is 1. The van der Waals surface area contributed by atoms with Gasteiger partial charge in [-0.2, -0.15) is 0 Å². The van der Waals surface area contributed by atoms with Crippen LogP contribution in [0, 0.1) is 12.3 Å². The van der Waals surface area contributed by atoms with Gasteiger partial charge in [0, 0.05) is 25.5 Å². The van der Waals surface area contributed by atoms with Crippen LogP contribution in [-0.4, -0.2) is 51.3 Å². The highest BCUT2D eigenvalue weighted by Gasteiger charge is 2.40. The third-order valence-electron chi connectivity index (χ3n) is 5.64. The molecule has 0 unspecified atom stereocenters. The quantitative estimate of drug-likeness (QED) is 0.559. The van der Waals surface area contributed by atoms with E-state index in [9.17, 15) is 14.7 Å². The van der Waals surface area contributed by atoms with Gasteiger partial charge in [-0.1, -0.05) is 59.8 Å². The van der Waals surface area contributed by atoms with Gasteiger partial charge < -0.3 is 19.9 Å². The highest BCUT2D eigenvalue weighted by Crippen LogP contribution is 2.23.